The minimum Gasteiger partial charge on any atom is -0.384 e. The van der Waals surface area contributed by atoms with Crippen molar-refractivity contribution in [1.29, 1.82) is 0 Å². The molecule has 0 saturated carbocycles. The van der Waals surface area contributed by atoms with E-state index in [0.29, 0.717) is 6.54 Å². The number of rotatable bonds is 2. The van der Waals surface area contributed by atoms with Crippen molar-refractivity contribution in [3.63, 3.8) is 0 Å². The Bertz CT molecular complexity index is 625. The van der Waals surface area contributed by atoms with Gasteiger partial charge in [-0.1, -0.05) is 23.2 Å². The Kier molecular flexibility index (Phi) is 3.79. The van der Waals surface area contributed by atoms with E-state index in [1.807, 2.05) is 23.8 Å². The first-order valence-electron chi connectivity index (χ1n) is 5.03. The van der Waals surface area contributed by atoms with Crippen LogP contribution < -0.4 is 4.87 Å². The van der Waals surface area contributed by atoms with Crippen LogP contribution in [0.4, 0.5) is 0 Å². The van der Waals surface area contributed by atoms with E-state index in [9.17, 15) is 4.79 Å². The molecule has 2 aromatic rings. The number of nitrogens with zero attached hydrogens (tertiary/aromatic N) is 1. The number of aryl methyl sites for hydroxylation is 1. The third-order valence-electron chi connectivity index (χ3n) is 2.26. The summed E-state index contributed by atoms with van der Waals surface area (Å²) in [7, 11) is 0. The Morgan fingerprint density at radius 3 is 2.88 bits per heavy atom. The van der Waals surface area contributed by atoms with Crippen LogP contribution in [0, 0.1) is 18.8 Å². The van der Waals surface area contributed by atoms with Crippen LogP contribution in [-0.2, 0) is 6.54 Å². The fourth-order valence-electron chi connectivity index (χ4n) is 1.42. The summed E-state index contributed by atoms with van der Waals surface area (Å²) in [6.07, 6.45) is 0. The average molecular weight is 265 g/mol. The topological polar surface area (TPSA) is 42.2 Å². The molecule has 2 aromatic heterocycles. The van der Waals surface area contributed by atoms with Crippen LogP contribution in [0.25, 0.3) is 0 Å². The molecule has 0 aliphatic carbocycles. The number of hydrogen-bond acceptors (Lipinski definition) is 4. The average Bonchev–Trinajstić information content (AvgIpc) is 2.88. The van der Waals surface area contributed by atoms with Crippen LogP contribution in [0.2, 0.25) is 0 Å². The van der Waals surface area contributed by atoms with Gasteiger partial charge in [0.15, 0.2) is 0 Å². The standard InChI is InChI=1S/C12H11NO2S2/c1-9-7-17-12(15)13(9)6-11-5-10(8-16-11)3-2-4-14/h5,7-8,14H,4,6H2,1H3. The summed E-state index contributed by atoms with van der Waals surface area (Å²) in [6, 6.07) is 1.96. The van der Waals surface area contributed by atoms with Crippen LogP contribution >= 0.6 is 22.7 Å². The van der Waals surface area contributed by atoms with Crippen LogP contribution in [0.1, 0.15) is 16.1 Å². The van der Waals surface area contributed by atoms with Crippen molar-refractivity contribution >= 4 is 22.7 Å². The first kappa shape index (κ1) is 12.1. The molecule has 5 heteroatoms. The number of thiophene rings is 1. The van der Waals surface area contributed by atoms with Gasteiger partial charge in [0.05, 0.1) is 6.54 Å². The van der Waals surface area contributed by atoms with Crippen LogP contribution in [0.15, 0.2) is 21.6 Å². The molecule has 3 nitrogen and oxygen atoms in total. The third-order valence-corrected chi connectivity index (χ3v) is 4.06. The van der Waals surface area contributed by atoms with Gasteiger partial charge in [0, 0.05) is 26.9 Å². The number of aliphatic hydroxyl groups excluding tert-OH is 1. The zero-order valence-corrected chi connectivity index (χ0v) is 10.9. The maximum atomic E-state index is 11.5. The molecule has 0 unspecified atom stereocenters. The fourth-order valence-corrected chi connectivity index (χ4v) is 2.96. The molecule has 0 spiro atoms. The molecule has 0 aliphatic heterocycles. The van der Waals surface area contributed by atoms with Gasteiger partial charge in [-0.25, -0.2) is 0 Å². The van der Waals surface area contributed by atoms with E-state index >= 15 is 0 Å². The van der Waals surface area contributed by atoms with Crippen LogP contribution in [0.5, 0.6) is 0 Å². The highest BCUT2D eigenvalue weighted by molar-refractivity contribution is 7.10. The van der Waals surface area contributed by atoms with Gasteiger partial charge in [-0.2, -0.15) is 0 Å². The van der Waals surface area contributed by atoms with Crippen molar-refractivity contribution in [2.45, 2.75) is 13.5 Å². The summed E-state index contributed by atoms with van der Waals surface area (Å²) < 4.78 is 1.75. The maximum absolute atomic E-state index is 11.5. The van der Waals surface area contributed by atoms with E-state index in [4.69, 9.17) is 5.11 Å². The van der Waals surface area contributed by atoms with Crippen LogP contribution in [0.3, 0.4) is 0 Å². The Morgan fingerprint density at radius 2 is 2.24 bits per heavy atom. The minimum atomic E-state index is -0.131. The van der Waals surface area contributed by atoms with Crippen LogP contribution in [-0.4, -0.2) is 16.3 Å². The van der Waals surface area contributed by atoms with Crippen molar-refractivity contribution in [1.82, 2.24) is 4.57 Å². The number of hydrogen-bond donors (Lipinski definition) is 1. The smallest absolute Gasteiger partial charge is 0.307 e. The highest BCUT2D eigenvalue weighted by Crippen LogP contribution is 2.15. The lowest BCUT2D eigenvalue weighted by atomic mass is 10.3. The van der Waals surface area contributed by atoms with Gasteiger partial charge in [-0.05, 0) is 13.0 Å². The van der Waals surface area contributed by atoms with Gasteiger partial charge in [0.2, 0.25) is 0 Å². The molecule has 0 amide bonds. The highest BCUT2D eigenvalue weighted by atomic mass is 32.1. The second-order valence-corrected chi connectivity index (χ2v) is 5.31. The summed E-state index contributed by atoms with van der Waals surface area (Å²) in [5.74, 6) is 5.45. The molecule has 0 bridgehead atoms. The fraction of sp³-hybridized carbons (Fsp3) is 0.250. The van der Waals surface area contributed by atoms with Gasteiger partial charge in [0.1, 0.15) is 6.61 Å². The zero-order chi connectivity index (χ0) is 12.3. The van der Waals surface area contributed by atoms with Crippen molar-refractivity contribution in [2.24, 2.45) is 0 Å². The molecule has 1 N–H and O–H groups in total. The zero-order valence-electron chi connectivity index (χ0n) is 9.27. The van der Waals surface area contributed by atoms with Gasteiger partial charge >= 0.3 is 4.87 Å². The molecule has 0 fully saturated rings. The van der Waals surface area contributed by atoms with Crippen molar-refractivity contribution in [2.75, 3.05) is 6.61 Å². The molecule has 2 heterocycles. The Morgan fingerprint density at radius 1 is 1.41 bits per heavy atom. The van der Waals surface area contributed by atoms with Crippen molar-refractivity contribution in [3.05, 3.63) is 42.6 Å². The molecule has 0 aliphatic rings. The lowest BCUT2D eigenvalue weighted by molar-refractivity contribution is 0.350. The molecular weight excluding hydrogens is 254 g/mol. The summed E-state index contributed by atoms with van der Waals surface area (Å²) >= 11 is 2.80. The van der Waals surface area contributed by atoms with E-state index in [1.165, 1.54) is 11.3 Å². The molecule has 0 aromatic carbocycles. The third kappa shape index (κ3) is 2.86. The highest BCUT2D eigenvalue weighted by Gasteiger charge is 2.05. The maximum Gasteiger partial charge on any atom is 0.307 e. The summed E-state index contributed by atoms with van der Waals surface area (Å²) in [4.78, 5) is 12.7. The summed E-state index contributed by atoms with van der Waals surface area (Å²) in [6.45, 7) is 2.39. The van der Waals surface area contributed by atoms with Crippen molar-refractivity contribution < 1.29 is 5.11 Å². The monoisotopic (exact) mass is 265 g/mol. The summed E-state index contributed by atoms with van der Waals surface area (Å²) in [5.41, 5.74) is 1.87. The first-order valence-corrected chi connectivity index (χ1v) is 6.78. The molecule has 88 valence electrons. The van der Waals surface area contributed by atoms with Gasteiger partial charge in [0.25, 0.3) is 0 Å². The Balaban J connectivity index is 2.20. The molecule has 0 atom stereocenters. The van der Waals surface area contributed by atoms with Gasteiger partial charge in [-0.15, -0.1) is 11.3 Å². The number of aromatic nitrogens is 1. The number of thiazole rings is 1. The summed E-state index contributed by atoms with van der Waals surface area (Å²) in [5, 5.41) is 12.4. The largest absolute Gasteiger partial charge is 0.384 e. The predicted molar refractivity (Wildman–Crippen MR) is 70.7 cm³/mol. The van der Waals surface area contributed by atoms with E-state index in [1.54, 1.807) is 15.9 Å². The molecular formula is C12H11NO2S2. The minimum absolute atomic E-state index is 0.0684. The second-order valence-electron chi connectivity index (χ2n) is 3.49. The van der Waals surface area contributed by atoms with Gasteiger partial charge < -0.3 is 5.11 Å². The van der Waals surface area contributed by atoms with E-state index in [-0.39, 0.29) is 11.5 Å². The Hall–Kier alpha value is -1.35. The van der Waals surface area contributed by atoms with Gasteiger partial charge in [-0.3, -0.25) is 9.36 Å². The van der Waals surface area contributed by atoms with E-state index < -0.39 is 0 Å². The van der Waals surface area contributed by atoms with E-state index in [2.05, 4.69) is 11.8 Å². The normalized spacial score (nSPS) is 10.0. The SMILES string of the molecule is Cc1csc(=O)n1Cc1cc(C#CCO)cs1. The van der Waals surface area contributed by atoms with E-state index in [0.717, 1.165) is 16.1 Å². The Labute approximate surface area is 107 Å². The van der Waals surface area contributed by atoms with Crippen molar-refractivity contribution in [3.8, 4) is 11.8 Å². The number of aliphatic hydroxyl groups is 1. The molecule has 0 radical (unpaired) electrons. The first-order chi connectivity index (χ1) is 8.20. The predicted octanol–water partition coefficient (Wildman–Crippen LogP) is 1.67. The molecule has 0 saturated heterocycles. The molecule has 17 heavy (non-hydrogen) atoms. The lowest BCUT2D eigenvalue weighted by Crippen LogP contribution is -2.14. The second kappa shape index (κ2) is 5.32. The quantitative estimate of drug-likeness (QED) is 0.839. The lowest BCUT2D eigenvalue weighted by Gasteiger charge is -2.00. The molecule has 2 rings (SSSR count).